The van der Waals surface area contributed by atoms with Crippen LogP contribution in [0.15, 0.2) is 82.9 Å². The first-order chi connectivity index (χ1) is 14.5. The lowest BCUT2D eigenvalue weighted by Crippen LogP contribution is -2.17. The van der Waals surface area contributed by atoms with Crippen LogP contribution in [-0.2, 0) is 14.8 Å². The first-order valence-corrected chi connectivity index (χ1v) is 11.8. The van der Waals surface area contributed by atoms with Crippen LogP contribution in [0.5, 0.6) is 0 Å². The maximum absolute atomic E-state index is 12.9. The molecule has 2 aromatic rings. The highest BCUT2D eigenvalue weighted by Gasteiger charge is 2.30. The van der Waals surface area contributed by atoms with Gasteiger partial charge in [-0.25, -0.2) is 4.99 Å². The van der Waals surface area contributed by atoms with Gasteiger partial charge in [-0.15, -0.1) is 4.40 Å². The average molecular weight is 537 g/mol. The van der Waals surface area contributed by atoms with Gasteiger partial charge in [-0.3, -0.25) is 4.79 Å². The lowest BCUT2D eigenvalue weighted by Gasteiger charge is -2.14. The fraction of sp³-hybridized carbons (Fsp3) is 0.0500. The second kappa shape index (κ2) is 9.45. The number of rotatable bonds is 3. The number of hydrogen-bond donors (Lipinski definition) is 0. The highest BCUT2D eigenvalue weighted by molar-refractivity contribution is 7.90. The smallest absolute Gasteiger partial charge is 0.284 e. The van der Waals surface area contributed by atoms with Gasteiger partial charge >= 0.3 is 0 Å². The molecule has 0 N–H and O–H groups in total. The first-order valence-electron chi connectivity index (χ1n) is 8.43. The Labute approximate surface area is 203 Å². The molecule has 0 aliphatic heterocycles. The summed E-state index contributed by atoms with van der Waals surface area (Å²) in [5.41, 5.74) is 0.988. The Balaban J connectivity index is 2.24. The van der Waals surface area contributed by atoms with Crippen molar-refractivity contribution in [3.05, 3.63) is 84.8 Å². The quantitative estimate of drug-likeness (QED) is 0.267. The molecule has 0 saturated heterocycles. The fourth-order valence-corrected chi connectivity index (χ4v) is 4.41. The van der Waals surface area contributed by atoms with Crippen molar-refractivity contribution in [2.75, 3.05) is 0 Å². The van der Waals surface area contributed by atoms with Crippen LogP contribution < -0.4 is 0 Å². The molecule has 1 aliphatic rings. The van der Waals surface area contributed by atoms with E-state index in [1.54, 1.807) is 12.1 Å². The van der Waals surface area contributed by atoms with Gasteiger partial charge in [0.15, 0.2) is 5.84 Å². The van der Waals surface area contributed by atoms with Crippen molar-refractivity contribution in [2.24, 2.45) is 9.39 Å². The summed E-state index contributed by atoms with van der Waals surface area (Å²) in [4.78, 5) is 16.1. The Morgan fingerprint density at radius 3 is 1.81 bits per heavy atom. The number of aryl methyl sites for hydroxylation is 1. The first kappa shape index (κ1) is 24.0. The lowest BCUT2D eigenvalue weighted by atomic mass is 10.1. The molecule has 0 spiro atoms. The van der Waals surface area contributed by atoms with Crippen LogP contribution in [0.1, 0.15) is 11.1 Å². The van der Waals surface area contributed by atoms with Crippen molar-refractivity contribution in [3.63, 3.8) is 0 Å². The molecule has 5 nitrogen and oxygen atoms in total. The van der Waals surface area contributed by atoms with Crippen molar-refractivity contribution < 1.29 is 13.2 Å². The number of benzene rings is 2. The molecular weight excluding hydrogens is 526 g/mol. The molecule has 31 heavy (non-hydrogen) atoms. The van der Waals surface area contributed by atoms with Gasteiger partial charge in [-0.1, -0.05) is 75.7 Å². The van der Waals surface area contributed by atoms with Crippen LogP contribution in [0, 0.1) is 6.92 Å². The third-order valence-electron chi connectivity index (χ3n) is 4.05. The van der Waals surface area contributed by atoms with Gasteiger partial charge in [0.05, 0.1) is 15.0 Å². The molecule has 0 aromatic heterocycles. The van der Waals surface area contributed by atoms with Crippen molar-refractivity contribution in [3.8, 4) is 0 Å². The summed E-state index contributed by atoms with van der Waals surface area (Å²) in [6.07, 6.45) is 0. The summed E-state index contributed by atoms with van der Waals surface area (Å²) >= 11 is 30.1. The Hall–Kier alpha value is -1.67. The van der Waals surface area contributed by atoms with E-state index in [1.807, 2.05) is 6.92 Å². The number of nitrogens with zero attached hydrogens (tertiary/aromatic N) is 2. The number of aliphatic imine (C=N–C) groups is 1. The van der Waals surface area contributed by atoms with E-state index in [2.05, 4.69) is 9.39 Å². The van der Waals surface area contributed by atoms with Crippen molar-refractivity contribution in [1.29, 1.82) is 0 Å². The Morgan fingerprint density at radius 2 is 1.29 bits per heavy atom. The number of carbonyl (C=O) groups is 1. The van der Waals surface area contributed by atoms with E-state index in [0.717, 1.165) is 5.56 Å². The number of halogens is 5. The van der Waals surface area contributed by atoms with Crippen LogP contribution in [-0.4, -0.2) is 25.7 Å². The highest BCUT2D eigenvalue weighted by Crippen LogP contribution is 2.34. The molecular formula is C20H11Cl5N2O3S. The molecule has 0 atom stereocenters. The van der Waals surface area contributed by atoms with Crippen molar-refractivity contribution >= 4 is 85.4 Å². The molecule has 0 amide bonds. The largest absolute Gasteiger partial charge is 0.286 e. The fourth-order valence-electron chi connectivity index (χ4n) is 2.42. The van der Waals surface area contributed by atoms with Crippen molar-refractivity contribution in [1.82, 2.24) is 0 Å². The van der Waals surface area contributed by atoms with Gasteiger partial charge in [0.25, 0.3) is 10.0 Å². The minimum atomic E-state index is -4.16. The van der Waals surface area contributed by atoms with E-state index in [0.29, 0.717) is 10.6 Å². The second-order valence-electron chi connectivity index (χ2n) is 6.26. The standard InChI is InChI=1S/C20H11Cl5N2O3S/c1-10-2-8-13(9-3-10)31(29,30)27-20(11-4-6-12(21)7-5-11)26-18-14(22)16(24)19(28)17(25)15(18)23/h2-9H,1H3/b27-20+. The van der Waals surface area contributed by atoms with Gasteiger partial charge in [0, 0.05) is 10.6 Å². The minimum Gasteiger partial charge on any atom is -0.286 e. The Morgan fingerprint density at radius 1 is 0.774 bits per heavy atom. The third kappa shape index (κ3) is 5.22. The summed E-state index contributed by atoms with van der Waals surface area (Å²) < 4.78 is 29.7. The minimum absolute atomic E-state index is 0.0390. The monoisotopic (exact) mass is 534 g/mol. The molecule has 0 unspecified atom stereocenters. The van der Waals surface area contributed by atoms with Gasteiger partial charge in [0.2, 0.25) is 5.78 Å². The lowest BCUT2D eigenvalue weighted by molar-refractivity contribution is -0.111. The molecule has 0 heterocycles. The van der Waals surface area contributed by atoms with Crippen LogP contribution in [0.3, 0.4) is 0 Å². The van der Waals surface area contributed by atoms with E-state index >= 15 is 0 Å². The normalized spacial score (nSPS) is 15.6. The van der Waals surface area contributed by atoms with Crippen molar-refractivity contribution in [2.45, 2.75) is 11.8 Å². The van der Waals surface area contributed by atoms with Crippen LogP contribution in [0.25, 0.3) is 0 Å². The van der Waals surface area contributed by atoms with E-state index < -0.39 is 25.9 Å². The maximum Gasteiger partial charge on any atom is 0.284 e. The summed E-state index contributed by atoms with van der Waals surface area (Å²) in [7, 11) is -4.16. The molecule has 3 rings (SSSR count). The average Bonchev–Trinajstić information content (AvgIpc) is 2.74. The van der Waals surface area contributed by atoms with Gasteiger partial charge in [-0.2, -0.15) is 8.42 Å². The molecule has 2 aromatic carbocycles. The maximum atomic E-state index is 12.9. The van der Waals surface area contributed by atoms with Crippen LogP contribution in [0.4, 0.5) is 0 Å². The zero-order valence-corrected chi connectivity index (χ0v) is 20.1. The number of allylic oxidation sites excluding steroid dienone is 4. The van der Waals surface area contributed by atoms with E-state index in [4.69, 9.17) is 58.0 Å². The summed E-state index contributed by atoms with van der Waals surface area (Å²) in [6, 6.07) is 12.2. The number of sulfonamides is 1. The van der Waals surface area contributed by atoms with E-state index in [9.17, 15) is 13.2 Å². The molecule has 0 bridgehead atoms. The Bertz CT molecular complexity index is 1260. The topological polar surface area (TPSA) is 75.9 Å². The van der Waals surface area contributed by atoms with E-state index in [1.165, 1.54) is 36.4 Å². The van der Waals surface area contributed by atoms with Gasteiger partial charge in [-0.05, 0) is 43.3 Å². The SMILES string of the molecule is Cc1ccc(S(=O)(=O)/N=C(/N=C2C(Cl)=C(Cl)C(=O)C(Cl)=C2Cl)c2ccc(Cl)cc2)cc1. The number of carbonyl (C=O) groups excluding carboxylic acids is 1. The number of Topliss-reactive ketones (excluding diaryl/α,β-unsaturated/α-hetero) is 1. The zero-order valence-electron chi connectivity index (χ0n) is 15.5. The molecule has 0 saturated carbocycles. The number of hydrogen-bond acceptors (Lipinski definition) is 3. The predicted molar refractivity (Wildman–Crippen MR) is 126 cm³/mol. The summed E-state index contributed by atoms with van der Waals surface area (Å²) in [5.74, 6) is -1.03. The van der Waals surface area contributed by atoms with Gasteiger partial charge in [0.1, 0.15) is 15.8 Å². The van der Waals surface area contributed by atoms with E-state index in [-0.39, 0.29) is 26.5 Å². The highest BCUT2D eigenvalue weighted by atomic mass is 35.5. The molecule has 0 radical (unpaired) electrons. The second-order valence-corrected chi connectivity index (χ2v) is 9.81. The third-order valence-corrected chi connectivity index (χ3v) is 7.23. The number of ketones is 1. The zero-order chi connectivity index (χ0) is 22.9. The Kier molecular flexibility index (Phi) is 7.31. The molecule has 0 fully saturated rings. The molecule has 1 aliphatic carbocycles. The molecule has 11 heteroatoms. The van der Waals surface area contributed by atoms with Gasteiger partial charge < -0.3 is 0 Å². The summed E-state index contributed by atoms with van der Waals surface area (Å²) in [6.45, 7) is 1.82. The van der Waals surface area contributed by atoms with Crippen LogP contribution >= 0.6 is 58.0 Å². The number of amidine groups is 1. The summed E-state index contributed by atoms with van der Waals surface area (Å²) in [5, 5.41) is -0.938. The molecule has 160 valence electrons. The predicted octanol–water partition coefficient (Wildman–Crippen LogP) is 6.19. The van der Waals surface area contributed by atoms with Crippen LogP contribution in [0.2, 0.25) is 5.02 Å².